The molecule has 0 spiro atoms. The van der Waals surface area contributed by atoms with E-state index in [9.17, 15) is 0 Å². The van der Waals surface area contributed by atoms with Gasteiger partial charge in [-0.05, 0) is 12.5 Å². The van der Waals surface area contributed by atoms with Crippen LogP contribution in [0.1, 0.15) is 56.9 Å². The molecule has 1 aliphatic rings. The molecule has 24 heavy (non-hydrogen) atoms. The van der Waals surface area contributed by atoms with Gasteiger partial charge in [-0.3, -0.25) is 4.90 Å². The van der Waals surface area contributed by atoms with Gasteiger partial charge in [-0.25, -0.2) is 0 Å². The zero-order valence-corrected chi connectivity index (χ0v) is 15.6. The van der Waals surface area contributed by atoms with Gasteiger partial charge in [0.1, 0.15) is 0 Å². The van der Waals surface area contributed by atoms with Crippen LogP contribution in [0.2, 0.25) is 0 Å². The summed E-state index contributed by atoms with van der Waals surface area (Å²) in [6, 6.07) is 10.7. The maximum atomic E-state index is 6.38. The van der Waals surface area contributed by atoms with E-state index in [1.54, 1.807) is 0 Å². The van der Waals surface area contributed by atoms with Crippen molar-refractivity contribution in [1.29, 1.82) is 0 Å². The van der Waals surface area contributed by atoms with Crippen molar-refractivity contribution in [1.82, 2.24) is 15.0 Å². The molecule has 6 heteroatoms. The zero-order chi connectivity index (χ0) is 16.6. The number of benzene rings is 1. The molecule has 0 aliphatic carbocycles. The fourth-order valence-electron chi connectivity index (χ4n) is 3.10. The normalized spacial score (nSPS) is 23.0. The van der Waals surface area contributed by atoms with Crippen LogP contribution in [0.25, 0.3) is 0 Å². The number of hydrogen-bond donors (Lipinski definition) is 1. The third-order valence-electron chi connectivity index (χ3n) is 4.64. The lowest BCUT2D eigenvalue weighted by Crippen LogP contribution is -2.30. The van der Waals surface area contributed by atoms with Crippen LogP contribution < -0.4 is 5.73 Å². The Morgan fingerprint density at radius 1 is 1.21 bits per heavy atom. The molecule has 2 aromatic rings. The first-order chi connectivity index (χ1) is 10.9. The lowest BCUT2D eigenvalue weighted by Gasteiger charge is -2.21. The lowest BCUT2D eigenvalue weighted by molar-refractivity contribution is 0.205. The first kappa shape index (κ1) is 18.9. The third kappa shape index (κ3) is 3.79. The predicted molar refractivity (Wildman–Crippen MR) is 97.4 cm³/mol. The zero-order valence-electron chi connectivity index (χ0n) is 14.8. The second kappa shape index (κ2) is 7.21. The number of halogens is 1. The van der Waals surface area contributed by atoms with E-state index in [4.69, 9.17) is 10.3 Å². The van der Waals surface area contributed by atoms with Gasteiger partial charge < -0.3 is 10.3 Å². The molecule has 2 N–H and O–H groups in total. The summed E-state index contributed by atoms with van der Waals surface area (Å²) in [6.45, 7) is 10.1. The maximum absolute atomic E-state index is 6.38. The van der Waals surface area contributed by atoms with Crippen LogP contribution in [-0.4, -0.2) is 34.2 Å². The van der Waals surface area contributed by atoms with E-state index in [2.05, 4.69) is 67.0 Å². The van der Waals surface area contributed by atoms with Crippen molar-refractivity contribution in [3.05, 3.63) is 47.6 Å². The average Bonchev–Trinajstić information content (AvgIpc) is 3.14. The highest BCUT2D eigenvalue weighted by atomic mass is 35.5. The minimum Gasteiger partial charge on any atom is -0.338 e. The van der Waals surface area contributed by atoms with E-state index >= 15 is 0 Å². The fraction of sp³-hybridized carbons (Fsp3) is 0.556. The van der Waals surface area contributed by atoms with Gasteiger partial charge in [0.2, 0.25) is 5.89 Å². The minimum atomic E-state index is -0.102. The molecule has 0 saturated carbocycles. The summed E-state index contributed by atoms with van der Waals surface area (Å²) in [4.78, 5) is 6.92. The van der Waals surface area contributed by atoms with E-state index in [1.165, 1.54) is 5.56 Å². The Morgan fingerprint density at radius 2 is 1.88 bits per heavy atom. The smallest absolute Gasteiger partial charge is 0.243 e. The molecule has 1 saturated heterocycles. The largest absolute Gasteiger partial charge is 0.338 e. The summed E-state index contributed by atoms with van der Waals surface area (Å²) in [5, 5.41) is 4.13. The van der Waals surface area contributed by atoms with E-state index in [0.29, 0.717) is 11.8 Å². The average molecular weight is 351 g/mol. The number of aromatic nitrogens is 2. The van der Waals surface area contributed by atoms with Crippen LogP contribution in [0.3, 0.4) is 0 Å². The SMILES string of the molecule is CC(c1nc(C(C)(C)C)no1)N1C[C@@H](N)[C@H](c2ccccc2)C1.Cl. The summed E-state index contributed by atoms with van der Waals surface area (Å²) in [6.07, 6.45) is 0. The maximum Gasteiger partial charge on any atom is 0.243 e. The molecule has 1 aliphatic heterocycles. The van der Waals surface area contributed by atoms with Crippen molar-refractivity contribution < 1.29 is 4.52 Å². The first-order valence-corrected chi connectivity index (χ1v) is 8.25. The van der Waals surface area contributed by atoms with Crippen molar-refractivity contribution in [3.8, 4) is 0 Å². The Morgan fingerprint density at radius 3 is 2.46 bits per heavy atom. The van der Waals surface area contributed by atoms with Gasteiger partial charge in [0, 0.05) is 30.5 Å². The van der Waals surface area contributed by atoms with Crippen LogP contribution in [0.4, 0.5) is 0 Å². The summed E-state index contributed by atoms with van der Waals surface area (Å²) >= 11 is 0. The summed E-state index contributed by atoms with van der Waals surface area (Å²) in [5.41, 5.74) is 7.58. The van der Waals surface area contributed by atoms with E-state index in [0.717, 1.165) is 18.9 Å². The lowest BCUT2D eigenvalue weighted by atomic mass is 9.95. The molecule has 3 atom stereocenters. The number of nitrogens with zero attached hydrogens (tertiary/aromatic N) is 3. The van der Waals surface area contributed by atoms with E-state index < -0.39 is 0 Å². The van der Waals surface area contributed by atoms with Gasteiger partial charge in [0.25, 0.3) is 0 Å². The van der Waals surface area contributed by atoms with Gasteiger partial charge in [-0.2, -0.15) is 4.98 Å². The van der Waals surface area contributed by atoms with Crippen LogP contribution in [0.15, 0.2) is 34.9 Å². The van der Waals surface area contributed by atoms with Crippen molar-refractivity contribution in [2.45, 2.75) is 51.1 Å². The van der Waals surface area contributed by atoms with Crippen molar-refractivity contribution >= 4 is 12.4 Å². The first-order valence-electron chi connectivity index (χ1n) is 8.25. The van der Waals surface area contributed by atoms with Crippen molar-refractivity contribution in [2.75, 3.05) is 13.1 Å². The fourth-order valence-corrected chi connectivity index (χ4v) is 3.10. The standard InChI is InChI=1S/C18H26N4O.ClH/c1-12(16-20-17(21-23-16)18(2,3)4)22-10-14(15(19)11-22)13-8-6-5-7-9-13;/h5-9,12,14-15H,10-11,19H2,1-4H3;1H/t12?,14-,15+;/m0./s1. The van der Waals surface area contributed by atoms with Crippen LogP contribution >= 0.6 is 12.4 Å². The molecule has 0 amide bonds. The van der Waals surface area contributed by atoms with Gasteiger partial charge in [-0.1, -0.05) is 56.3 Å². The van der Waals surface area contributed by atoms with Crippen LogP contribution in [-0.2, 0) is 5.41 Å². The Hall–Kier alpha value is -1.43. The van der Waals surface area contributed by atoms with Gasteiger partial charge >= 0.3 is 0 Å². The van der Waals surface area contributed by atoms with Gasteiger partial charge in [-0.15, -0.1) is 12.4 Å². The molecule has 0 radical (unpaired) electrons. The summed E-state index contributed by atoms with van der Waals surface area (Å²) in [7, 11) is 0. The number of rotatable bonds is 3. The van der Waals surface area contributed by atoms with Crippen LogP contribution in [0, 0.1) is 0 Å². The molecule has 2 heterocycles. The van der Waals surface area contributed by atoms with Crippen LogP contribution in [0.5, 0.6) is 0 Å². The van der Waals surface area contributed by atoms with Gasteiger partial charge in [0.05, 0.1) is 6.04 Å². The topological polar surface area (TPSA) is 68.2 Å². The number of likely N-dealkylation sites (tertiary alicyclic amines) is 1. The third-order valence-corrected chi connectivity index (χ3v) is 4.64. The molecular formula is C18H27ClN4O. The number of nitrogens with two attached hydrogens (primary N) is 1. The highest BCUT2D eigenvalue weighted by Gasteiger charge is 2.36. The highest BCUT2D eigenvalue weighted by Crippen LogP contribution is 2.32. The number of hydrogen-bond acceptors (Lipinski definition) is 5. The minimum absolute atomic E-state index is 0. The molecule has 1 fully saturated rings. The highest BCUT2D eigenvalue weighted by molar-refractivity contribution is 5.85. The van der Waals surface area contributed by atoms with Gasteiger partial charge in [0.15, 0.2) is 5.82 Å². The van der Waals surface area contributed by atoms with E-state index in [1.807, 2.05) is 6.07 Å². The van der Waals surface area contributed by atoms with E-state index in [-0.39, 0.29) is 29.9 Å². The summed E-state index contributed by atoms with van der Waals surface area (Å²) in [5.74, 6) is 1.78. The predicted octanol–water partition coefficient (Wildman–Crippen LogP) is 3.28. The molecule has 3 rings (SSSR count). The molecular weight excluding hydrogens is 324 g/mol. The Kier molecular flexibility index (Phi) is 5.68. The summed E-state index contributed by atoms with van der Waals surface area (Å²) < 4.78 is 5.50. The van der Waals surface area contributed by atoms with Crippen molar-refractivity contribution in [2.24, 2.45) is 5.73 Å². The Balaban J connectivity index is 0.00000208. The Bertz CT molecular complexity index is 653. The molecule has 132 valence electrons. The molecule has 1 aromatic heterocycles. The second-order valence-corrected chi connectivity index (χ2v) is 7.52. The molecule has 5 nitrogen and oxygen atoms in total. The monoisotopic (exact) mass is 350 g/mol. The molecule has 0 bridgehead atoms. The quantitative estimate of drug-likeness (QED) is 0.920. The molecule has 1 aromatic carbocycles. The Labute approximate surface area is 150 Å². The van der Waals surface area contributed by atoms with Crippen molar-refractivity contribution in [3.63, 3.8) is 0 Å². The molecule has 1 unspecified atom stereocenters. The second-order valence-electron chi connectivity index (χ2n) is 7.52.